The second-order valence-electron chi connectivity index (χ2n) is 6.01. The van der Waals surface area contributed by atoms with Crippen molar-refractivity contribution in [3.8, 4) is 5.69 Å². The molecule has 0 N–H and O–H groups in total. The number of rotatable bonds is 4. The first-order valence-corrected chi connectivity index (χ1v) is 8.92. The first kappa shape index (κ1) is 15.6. The summed E-state index contributed by atoms with van der Waals surface area (Å²) in [6.45, 7) is 2.65. The van der Waals surface area contributed by atoms with E-state index in [-0.39, 0.29) is 6.23 Å². The Bertz CT molecular complexity index is 798. The van der Waals surface area contributed by atoms with Crippen LogP contribution in [0.5, 0.6) is 0 Å². The Kier molecular flexibility index (Phi) is 4.52. The van der Waals surface area contributed by atoms with Crippen molar-refractivity contribution in [2.75, 3.05) is 13.2 Å². The lowest BCUT2D eigenvalue weighted by molar-refractivity contribution is 0.0288. The lowest BCUT2D eigenvalue weighted by atomic mass is 10.2. The van der Waals surface area contributed by atoms with Gasteiger partial charge in [-0.1, -0.05) is 46.3 Å². The van der Waals surface area contributed by atoms with Gasteiger partial charge in [-0.25, -0.2) is 0 Å². The number of halogens is 1. The molecule has 0 aliphatic carbocycles. The molecule has 24 heavy (non-hydrogen) atoms. The van der Waals surface area contributed by atoms with Crippen LogP contribution in [0.25, 0.3) is 5.69 Å². The molecule has 1 aliphatic heterocycles. The van der Waals surface area contributed by atoms with E-state index in [4.69, 9.17) is 4.74 Å². The fourth-order valence-corrected chi connectivity index (χ4v) is 3.39. The van der Waals surface area contributed by atoms with Gasteiger partial charge in [0.05, 0.1) is 6.61 Å². The van der Waals surface area contributed by atoms with E-state index in [9.17, 15) is 0 Å². The van der Waals surface area contributed by atoms with Gasteiger partial charge in [0.25, 0.3) is 0 Å². The highest BCUT2D eigenvalue weighted by atomic mass is 79.9. The molecule has 2 heterocycles. The molecule has 4 heteroatoms. The minimum absolute atomic E-state index is 0.0295. The molecule has 2 aromatic carbocycles. The van der Waals surface area contributed by atoms with Gasteiger partial charge in [0.15, 0.2) is 0 Å². The maximum absolute atomic E-state index is 6.00. The Morgan fingerprint density at radius 2 is 1.79 bits per heavy atom. The third-order valence-electron chi connectivity index (χ3n) is 4.34. The van der Waals surface area contributed by atoms with Crippen LogP contribution in [0.1, 0.15) is 17.4 Å². The Balaban J connectivity index is 1.53. The standard InChI is InChI=1S/C20H19BrN2O/c21-18-6-8-19(9-7-18)22-11-10-17(15-22)20-23(12-13-24-20)14-16-4-2-1-3-5-16/h1-11,15,20H,12-14H2/t20-/m0/s1. The zero-order valence-corrected chi connectivity index (χ0v) is 14.9. The molecule has 0 amide bonds. The van der Waals surface area contributed by atoms with Crippen LogP contribution in [0.3, 0.4) is 0 Å². The Morgan fingerprint density at radius 1 is 1.00 bits per heavy atom. The molecule has 4 rings (SSSR count). The highest BCUT2D eigenvalue weighted by Gasteiger charge is 2.27. The summed E-state index contributed by atoms with van der Waals surface area (Å²) in [6, 6.07) is 21.0. The van der Waals surface area contributed by atoms with E-state index in [0.29, 0.717) is 0 Å². The largest absolute Gasteiger partial charge is 0.357 e. The van der Waals surface area contributed by atoms with Crippen LogP contribution in [0.4, 0.5) is 0 Å². The van der Waals surface area contributed by atoms with Crippen molar-refractivity contribution in [1.29, 1.82) is 0 Å². The predicted octanol–water partition coefficient (Wildman–Crippen LogP) is 4.77. The first-order chi connectivity index (χ1) is 11.8. The zero-order valence-electron chi connectivity index (χ0n) is 13.3. The maximum Gasteiger partial charge on any atom is 0.138 e. The van der Waals surface area contributed by atoms with Crippen molar-refractivity contribution in [1.82, 2.24) is 9.47 Å². The van der Waals surface area contributed by atoms with Crippen molar-refractivity contribution in [3.63, 3.8) is 0 Å². The number of hydrogen-bond acceptors (Lipinski definition) is 2. The van der Waals surface area contributed by atoms with Crippen molar-refractivity contribution < 1.29 is 4.74 Å². The molecule has 1 aromatic heterocycles. The molecular formula is C20H19BrN2O. The van der Waals surface area contributed by atoms with E-state index < -0.39 is 0 Å². The van der Waals surface area contributed by atoms with E-state index in [2.05, 4.69) is 98.5 Å². The number of ether oxygens (including phenoxy) is 1. The maximum atomic E-state index is 6.00. The van der Waals surface area contributed by atoms with Crippen LogP contribution in [0.2, 0.25) is 0 Å². The minimum Gasteiger partial charge on any atom is -0.357 e. The molecule has 0 bridgehead atoms. The highest BCUT2D eigenvalue weighted by Crippen LogP contribution is 2.29. The summed E-state index contributed by atoms with van der Waals surface area (Å²) in [7, 11) is 0. The van der Waals surface area contributed by atoms with Crippen LogP contribution >= 0.6 is 15.9 Å². The average Bonchev–Trinajstić information content (AvgIpc) is 3.25. The predicted molar refractivity (Wildman–Crippen MR) is 99.0 cm³/mol. The van der Waals surface area contributed by atoms with Crippen LogP contribution in [0, 0.1) is 0 Å². The Hall–Kier alpha value is -1.88. The SMILES string of the molecule is Brc1ccc(-n2ccc([C@@H]3OCCN3Cc3ccccc3)c2)cc1. The Labute approximate surface area is 150 Å². The summed E-state index contributed by atoms with van der Waals surface area (Å²) < 4.78 is 9.23. The Morgan fingerprint density at radius 3 is 2.58 bits per heavy atom. The van der Waals surface area contributed by atoms with Gasteiger partial charge in [-0.05, 0) is 35.9 Å². The topological polar surface area (TPSA) is 17.4 Å². The summed E-state index contributed by atoms with van der Waals surface area (Å²) in [6.07, 6.45) is 4.29. The van der Waals surface area contributed by atoms with Gasteiger partial charge < -0.3 is 9.30 Å². The second kappa shape index (κ2) is 6.93. The summed E-state index contributed by atoms with van der Waals surface area (Å²) >= 11 is 3.48. The second-order valence-corrected chi connectivity index (χ2v) is 6.92. The highest BCUT2D eigenvalue weighted by molar-refractivity contribution is 9.10. The van der Waals surface area contributed by atoms with Gasteiger partial charge in [0.2, 0.25) is 0 Å². The van der Waals surface area contributed by atoms with Crippen LogP contribution in [0.15, 0.2) is 77.5 Å². The van der Waals surface area contributed by atoms with E-state index in [1.54, 1.807) is 0 Å². The smallest absolute Gasteiger partial charge is 0.138 e. The minimum atomic E-state index is 0.0295. The number of hydrogen-bond donors (Lipinski definition) is 0. The third kappa shape index (κ3) is 3.31. The normalized spacial score (nSPS) is 18.1. The van der Waals surface area contributed by atoms with Gasteiger partial charge in [-0.2, -0.15) is 0 Å². The van der Waals surface area contributed by atoms with Crippen molar-refractivity contribution in [2.45, 2.75) is 12.8 Å². The van der Waals surface area contributed by atoms with E-state index in [1.165, 1.54) is 11.1 Å². The molecular weight excluding hydrogens is 364 g/mol. The summed E-state index contributed by atoms with van der Waals surface area (Å²) in [5, 5.41) is 0. The van der Waals surface area contributed by atoms with Crippen LogP contribution in [-0.4, -0.2) is 22.6 Å². The fourth-order valence-electron chi connectivity index (χ4n) is 3.12. The quantitative estimate of drug-likeness (QED) is 0.646. The average molecular weight is 383 g/mol. The van der Waals surface area contributed by atoms with Crippen molar-refractivity contribution in [3.05, 3.63) is 88.7 Å². The summed E-state index contributed by atoms with van der Waals surface area (Å²) in [4.78, 5) is 2.39. The van der Waals surface area contributed by atoms with Crippen molar-refractivity contribution in [2.24, 2.45) is 0 Å². The van der Waals surface area contributed by atoms with E-state index >= 15 is 0 Å². The molecule has 1 atom stereocenters. The molecule has 122 valence electrons. The van der Waals surface area contributed by atoms with E-state index in [0.717, 1.165) is 29.9 Å². The van der Waals surface area contributed by atoms with Crippen LogP contribution < -0.4 is 0 Å². The van der Waals surface area contributed by atoms with Crippen LogP contribution in [-0.2, 0) is 11.3 Å². The molecule has 1 fully saturated rings. The molecule has 3 aromatic rings. The molecule has 0 saturated carbocycles. The summed E-state index contributed by atoms with van der Waals surface area (Å²) in [5.41, 5.74) is 3.67. The lowest BCUT2D eigenvalue weighted by Crippen LogP contribution is -2.23. The summed E-state index contributed by atoms with van der Waals surface area (Å²) in [5.74, 6) is 0. The fraction of sp³-hybridized carbons (Fsp3) is 0.200. The van der Waals surface area contributed by atoms with Gasteiger partial charge in [-0.3, -0.25) is 4.90 Å². The zero-order chi connectivity index (χ0) is 16.4. The van der Waals surface area contributed by atoms with Gasteiger partial charge in [0.1, 0.15) is 6.23 Å². The van der Waals surface area contributed by atoms with E-state index in [1.807, 2.05) is 0 Å². The number of nitrogens with zero attached hydrogens (tertiary/aromatic N) is 2. The van der Waals surface area contributed by atoms with Gasteiger partial charge in [0, 0.05) is 41.2 Å². The lowest BCUT2D eigenvalue weighted by Gasteiger charge is -2.22. The van der Waals surface area contributed by atoms with Crippen molar-refractivity contribution >= 4 is 15.9 Å². The molecule has 0 spiro atoms. The monoisotopic (exact) mass is 382 g/mol. The molecule has 1 aliphatic rings. The molecule has 3 nitrogen and oxygen atoms in total. The third-order valence-corrected chi connectivity index (χ3v) is 4.87. The van der Waals surface area contributed by atoms with Gasteiger partial charge >= 0.3 is 0 Å². The van der Waals surface area contributed by atoms with Gasteiger partial charge in [-0.15, -0.1) is 0 Å². The number of aromatic nitrogens is 1. The molecule has 1 saturated heterocycles. The molecule has 0 radical (unpaired) electrons. The first-order valence-electron chi connectivity index (χ1n) is 8.13. The molecule has 0 unspecified atom stereocenters. The number of benzene rings is 2.